The minimum Gasteiger partial charge on any atom is -0.385 e. The van der Waals surface area contributed by atoms with Gasteiger partial charge in [-0.2, -0.15) is 5.10 Å². The van der Waals surface area contributed by atoms with Gasteiger partial charge >= 0.3 is 0 Å². The van der Waals surface area contributed by atoms with E-state index in [1.54, 1.807) is 0 Å². The number of halogens is 1. The zero-order chi connectivity index (χ0) is 28.9. The maximum Gasteiger partial charge on any atom is 0.253 e. The second-order valence-corrected chi connectivity index (χ2v) is 13.0. The molecule has 1 spiro atoms. The highest BCUT2D eigenvalue weighted by Crippen LogP contribution is 2.48. The van der Waals surface area contributed by atoms with E-state index in [-0.39, 0.29) is 5.91 Å². The Kier molecular flexibility index (Phi) is 6.95. The van der Waals surface area contributed by atoms with Crippen molar-refractivity contribution in [2.45, 2.75) is 56.6 Å². The number of nitrogens with zero attached hydrogens (tertiary/aromatic N) is 5. The van der Waals surface area contributed by atoms with Crippen molar-refractivity contribution in [2.75, 3.05) is 31.1 Å². The van der Waals surface area contributed by atoms with Crippen LogP contribution in [-0.4, -0.2) is 62.7 Å². The number of benzene rings is 2. The predicted octanol–water partition coefficient (Wildman–Crippen LogP) is 4.81. The maximum absolute atomic E-state index is 13.1. The van der Waals surface area contributed by atoms with Crippen molar-refractivity contribution < 1.29 is 9.90 Å². The quantitative estimate of drug-likeness (QED) is 0.349. The van der Waals surface area contributed by atoms with Crippen LogP contribution in [-0.2, 0) is 12.0 Å². The summed E-state index contributed by atoms with van der Waals surface area (Å²) in [5, 5.41) is 16.7. The van der Waals surface area contributed by atoms with Gasteiger partial charge in [0, 0.05) is 55.4 Å². The van der Waals surface area contributed by atoms with Crippen LogP contribution in [0.25, 0.3) is 5.65 Å². The van der Waals surface area contributed by atoms with E-state index >= 15 is 0 Å². The van der Waals surface area contributed by atoms with Crippen molar-refractivity contribution in [1.29, 1.82) is 0 Å². The minimum atomic E-state index is -0.862. The van der Waals surface area contributed by atoms with Crippen molar-refractivity contribution in [2.24, 2.45) is 11.1 Å². The summed E-state index contributed by atoms with van der Waals surface area (Å²) in [4.78, 5) is 22.3. The van der Waals surface area contributed by atoms with Crippen LogP contribution in [0.15, 0.2) is 66.9 Å². The predicted molar refractivity (Wildman–Crippen MR) is 164 cm³/mol. The molecule has 2 aliphatic heterocycles. The third-order valence-corrected chi connectivity index (χ3v) is 10.0. The monoisotopic (exact) mass is 584 g/mol. The lowest BCUT2D eigenvalue weighted by Crippen LogP contribution is -2.53. The number of rotatable bonds is 5. The van der Waals surface area contributed by atoms with Crippen molar-refractivity contribution >= 4 is 28.8 Å². The minimum absolute atomic E-state index is 0.111. The summed E-state index contributed by atoms with van der Waals surface area (Å²) < 4.78 is 1.83. The molecule has 3 fully saturated rings. The zero-order valence-electron chi connectivity index (χ0n) is 23.8. The molecule has 2 aromatic heterocycles. The van der Waals surface area contributed by atoms with Crippen molar-refractivity contribution in [3.05, 3.63) is 94.4 Å². The number of carbonyl (C=O) groups is 1. The zero-order valence-corrected chi connectivity index (χ0v) is 24.5. The van der Waals surface area contributed by atoms with Crippen LogP contribution in [0.3, 0.4) is 0 Å². The highest BCUT2D eigenvalue weighted by molar-refractivity contribution is 6.30. The Balaban J connectivity index is 1.00. The van der Waals surface area contributed by atoms with Crippen LogP contribution in [0.1, 0.15) is 65.8 Å². The molecule has 2 aromatic carbocycles. The van der Waals surface area contributed by atoms with E-state index in [4.69, 9.17) is 27.4 Å². The Hall–Kier alpha value is -3.46. The average molecular weight is 585 g/mol. The lowest BCUT2D eigenvalue weighted by molar-refractivity contribution is 0.0118. The molecule has 8 nitrogen and oxygen atoms in total. The van der Waals surface area contributed by atoms with Crippen LogP contribution < -0.4 is 10.6 Å². The van der Waals surface area contributed by atoms with Gasteiger partial charge in [-0.05, 0) is 91.5 Å². The fraction of sp³-hybridized carbons (Fsp3) is 0.424. The van der Waals surface area contributed by atoms with Gasteiger partial charge in [-0.25, -0.2) is 9.50 Å². The molecule has 0 atom stereocenters. The fourth-order valence-corrected chi connectivity index (χ4v) is 7.33. The molecule has 0 unspecified atom stereocenters. The van der Waals surface area contributed by atoms with Gasteiger partial charge < -0.3 is 20.6 Å². The van der Waals surface area contributed by atoms with E-state index in [1.165, 1.54) is 0 Å². The number of piperidine rings is 2. The van der Waals surface area contributed by atoms with Crippen molar-refractivity contribution in [1.82, 2.24) is 19.5 Å². The Morgan fingerprint density at radius 1 is 0.952 bits per heavy atom. The van der Waals surface area contributed by atoms with Gasteiger partial charge in [0.15, 0.2) is 11.5 Å². The molecule has 7 rings (SSSR count). The number of anilines is 1. The van der Waals surface area contributed by atoms with Crippen molar-refractivity contribution in [3.63, 3.8) is 0 Å². The molecule has 0 radical (unpaired) electrons. The summed E-state index contributed by atoms with van der Waals surface area (Å²) in [6, 6.07) is 19.8. The summed E-state index contributed by atoms with van der Waals surface area (Å²) in [7, 11) is 0. The first kappa shape index (κ1) is 27.4. The Morgan fingerprint density at radius 3 is 2.31 bits per heavy atom. The van der Waals surface area contributed by atoms with E-state index in [9.17, 15) is 9.90 Å². The Labute approximate surface area is 251 Å². The van der Waals surface area contributed by atoms with Gasteiger partial charge in [0.25, 0.3) is 5.91 Å². The molecule has 0 bridgehead atoms. The highest BCUT2D eigenvalue weighted by atomic mass is 35.5. The molecule has 1 saturated carbocycles. The van der Waals surface area contributed by atoms with Crippen LogP contribution in [0.2, 0.25) is 5.02 Å². The van der Waals surface area contributed by atoms with E-state index in [1.807, 2.05) is 70.2 Å². The first-order valence-corrected chi connectivity index (χ1v) is 15.4. The number of carbonyl (C=O) groups excluding carboxylic acids is 1. The molecule has 9 heteroatoms. The van der Waals surface area contributed by atoms with E-state index in [2.05, 4.69) is 11.0 Å². The molecule has 1 aliphatic carbocycles. The molecule has 42 heavy (non-hydrogen) atoms. The first-order valence-electron chi connectivity index (χ1n) is 15.0. The topological polar surface area (TPSA) is 100.0 Å². The second-order valence-electron chi connectivity index (χ2n) is 12.5. The third kappa shape index (κ3) is 5.16. The second kappa shape index (κ2) is 10.7. The molecule has 2 saturated heterocycles. The van der Waals surface area contributed by atoms with Gasteiger partial charge in [0.1, 0.15) is 0 Å². The van der Waals surface area contributed by atoms with E-state index in [0.717, 1.165) is 72.6 Å². The maximum atomic E-state index is 13.1. The molecule has 1 amide bonds. The third-order valence-electron chi connectivity index (χ3n) is 9.76. The smallest absolute Gasteiger partial charge is 0.253 e. The number of pyridine rings is 1. The van der Waals surface area contributed by atoms with Gasteiger partial charge in [0.05, 0.1) is 11.3 Å². The summed E-state index contributed by atoms with van der Waals surface area (Å²) in [5.74, 6) is 0.844. The van der Waals surface area contributed by atoms with Crippen LogP contribution in [0.4, 0.5) is 5.69 Å². The SMILES string of the molecule is NC1CC2(CCN(C(=O)c3ccc(Cc4nc5c(N6CCC(O)(c7ccc(Cl)cc7)CC6)cccn5n4)cc3)CC2)C1. The number of aliphatic hydroxyl groups is 1. The lowest BCUT2D eigenvalue weighted by atomic mass is 9.61. The summed E-state index contributed by atoms with van der Waals surface area (Å²) in [6.45, 7) is 3.06. The van der Waals surface area contributed by atoms with Gasteiger partial charge in [-0.3, -0.25) is 4.79 Å². The largest absolute Gasteiger partial charge is 0.385 e. The summed E-state index contributed by atoms with van der Waals surface area (Å²) in [6.07, 6.45) is 8.08. The number of hydrogen-bond donors (Lipinski definition) is 2. The van der Waals surface area contributed by atoms with Gasteiger partial charge in [0.2, 0.25) is 0 Å². The molecule has 4 heterocycles. The standard InChI is InChI=1S/C33H37ClN6O2/c34-26-9-7-25(8-10-26)33(42)13-18-38(19-14-33)28-2-1-15-40-30(28)36-29(37-40)20-23-3-5-24(6-4-23)31(41)39-16-11-32(12-17-39)21-27(35)22-32/h1-10,15,27,42H,11-14,16-22,35H2. The average Bonchev–Trinajstić information content (AvgIpc) is 3.40. The van der Waals surface area contributed by atoms with Crippen LogP contribution in [0, 0.1) is 5.41 Å². The summed E-state index contributed by atoms with van der Waals surface area (Å²) >= 11 is 6.05. The normalized spacial score (nSPS) is 20.2. The fourth-order valence-electron chi connectivity index (χ4n) is 7.20. The number of hydrogen-bond acceptors (Lipinski definition) is 6. The van der Waals surface area contributed by atoms with Crippen LogP contribution >= 0.6 is 11.6 Å². The van der Waals surface area contributed by atoms with Crippen LogP contribution in [0.5, 0.6) is 0 Å². The Bertz CT molecular complexity index is 1580. The number of likely N-dealkylation sites (tertiary alicyclic amines) is 1. The number of nitrogens with two attached hydrogens (primary N) is 1. The molecule has 3 N–H and O–H groups in total. The van der Waals surface area contributed by atoms with Gasteiger partial charge in [-0.1, -0.05) is 35.9 Å². The Morgan fingerprint density at radius 2 is 1.64 bits per heavy atom. The molecule has 3 aliphatic rings. The van der Waals surface area contributed by atoms with Gasteiger partial charge in [-0.15, -0.1) is 0 Å². The highest BCUT2D eigenvalue weighted by Gasteiger charge is 2.44. The molecule has 218 valence electrons. The van der Waals surface area contributed by atoms with E-state index in [0.29, 0.717) is 48.8 Å². The van der Waals surface area contributed by atoms with Crippen molar-refractivity contribution in [3.8, 4) is 0 Å². The molecule has 4 aromatic rings. The molecular formula is C33H37ClN6O2. The number of fused-ring (bicyclic) bond motifs is 1. The first-order chi connectivity index (χ1) is 20.3. The summed E-state index contributed by atoms with van der Waals surface area (Å²) in [5.41, 5.74) is 10.1. The van der Waals surface area contributed by atoms with E-state index < -0.39 is 5.60 Å². The number of amides is 1. The number of aromatic nitrogens is 3. The molecular weight excluding hydrogens is 548 g/mol. The lowest BCUT2D eigenvalue weighted by Gasteiger charge is -2.51.